The Labute approximate surface area is 81.7 Å². The molecule has 0 bridgehead atoms. The van der Waals surface area contributed by atoms with Gasteiger partial charge in [0.15, 0.2) is 0 Å². The Kier molecular flexibility index (Phi) is 3.06. The van der Waals surface area contributed by atoms with Crippen molar-refractivity contribution in [3.63, 3.8) is 0 Å². The van der Waals surface area contributed by atoms with Crippen LogP contribution in [0, 0.1) is 5.82 Å². The van der Waals surface area contributed by atoms with Crippen LogP contribution in [0.4, 0.5) is 10.1 Å². The number of benzene rings is 1. The molecule has 0 aliphatic carbocycles. The van der Waals surface area contributed by atoms with E-state index in [4.69, 9.17) is 10.5 Å². The van der Waals surface area contributed by atoms with Gasteiger partial charge < -0.3 is 10.5 Å². The quantitative estimate of drug-likeness (QED) is 0.582. The highest BCUT2D eigenvalue weighted by molar-refractivity contribution is 5.95. The van der Waals surface area contributed by atoms with E-state index < -0.39 is 11.8 Å². The Balaban J connectivity index is 2.90. The molecule has 0 aliphatic rings. The van der Waals surface area contributed by atoms with Crippen LogP contribution in [0.2, 0.25) is 0 Å². The van der Waals surface area contributed by atoms with Crippen LogP contribution in [0.15, 0.2) is 18.2 Å². The first-order valence-electron chi connectivity index (χ1n) is 4.26. The summed E-state index contributed by atoms with van der Waals surface area (Å²) in [6, 6.07) is 3.58. The number of esters is 1. The molecular weight excluding hydrogens is 185 g/mol. The fraction of sp³-hybridized carbons (Fsp3) is 0.300. The van der Waals surface area contributed by atoms with E-state index in [0.717, 1.165) is 6.07 Å². The lowest BCUT2D eigenvalue weighted by Crippen LogP contribution is -2.13. The van der Waals surface area contributed by atoms with E-state index in [1.807, 2.05) is 0 Å². The maximum Gasteiger partial charge on any atom is 0.340 e. The average molecular weight is 197 g/mol. The minimum Gasteiger partial charge on any atom is -0.459 e. The summed E-state index contributed by atoms with van der Waals surface area (Å²) < 4.78 is 17.6. The zero-order valence-corrected chi connectivity index (χ0v) is 8.08. The van der Waals surface area contributed by atoms with Gasteiger partial charge in [-0.1, -0.05) is 0 Å². The van der Waals surface area contributed by atoms with Gasteiger partial charge in [0.2, 0.25) is 0 Å². The number of carbonyl (C=O) groups excluding carboxylic acids is 1. The van der Waals surface area contributed by atoms with Crippen LogP contribution >= 0.6 is 0 Å². The van der Waals surface area contributed by atoms with E-state index in [9.17, 15) is 9.18 Å². The number of nitrogen functional groups attached to an aromatic ring is 1. The Hall–Kier alpha value is -1.58. The van der Waals surface area contributed by atoms with Crippen molar-refractivity contribution in [2.75, 3.05) is 5.73 Å². The minimum absolute atomic E-state index is 0.0932. The van der Waals surface area contributed by atoms with Gasteiger partial charge in [-0.25, -0.2) is 9.18 Å². The molecule has 0 radical (unpaired) electrons. The van der Waals surface area contributed by atoms with Gasteiger partial charge in [-0.05, 0) is 32.0 Å². The molecule has 1 aromatic carbocycles. The lowest BCUT2D eigenvalue weighted by molar-refractivity contribution is 0.0379. The first-order chi connectivity index (χ1) is 6.50. The summed E-state index contributed by atoms with van der Waals surface area (Å²) in [7, 11) is 0. The summed E-state index contributed by atoms with van der Waals surface area (Å²) in [6.07, 6.45) is -0.216. The Morgan fingerprint density at radius 2 is 2.14 bits per heavy atom. The zero-order chi connectivity index (χ0) is 10.7. The molecule has 14 heavy (non-hydrogen) atoms. The molecule has 0 fully saturated rings. The Bertz CT molecular complexity index is 350. The number of carbonyl (C=O) groups is 1. The van der Waals surface area contributed by atoms with Crippen LogP contribution in [-0.2, 0) is 4.74 Å². The molecule has 3 nitrogen and oxygen atoms in total. The van der Waals surface area contributed by atoms with Gasteiger partial charge in [0.1, 0.15) is 5.82 Å². The maximum atomic E-state index is 12.6. The minimum atomic E-state index is -0.530. The van der Waals surface area contributed by atoms with Crippen LogP contribution in [0.1, 0.15) is 24.2 Å². The van der Waals surface area contributed by atoms with Gasteiger partial charge in [-0.15, -0.1) is 0 Å². The number of halogens is 1. The van der Waals surface area contributed by atoms with Gasteiger partial charge in [-0.2, -0.15) is 0 Å². The number of nitrogens with two attached hydrogens (primary N) is 1. The van der Waals surface area contributed by atoms with Crippen molar-refractivity contribution in [3.8, 4) is 0 Å². The fourth-order valence-corrected chi connectivity index (χ4v) is 0.997. The summed E-state index contributed by atoms with van der Waals surface area (Å²) in [5.41, 5.74) is 5.74. The molecule has 76 valence electrons. The highest BCUT2D eigenvalue weighted by Gasteiger charge is 2.12. The first kappa shape index (κ1) is 10.5. The molecule has 2 N–H and O–H groups in total. The van der Waals surface area contributed by atoms with E-state index in [-0.39, 0.29) is 17.4 Å². The monoisotopic (exact) mass is 197 g/mol. The van der Waals surface area contributed by atoms with Crippen molar-refractivity contribution in [1.29, 1.82) is 0 Å². The highest BCUT2D eigenvalue weighted by Crippen LogP contribution is 2.15. The Morgan fingerprint density at radius 1 is 1.50 bits per heavy atom. The highest BCUT2D eigenvalue weighted by atomic mass is 19.1. The smallest absolute Gasteiger partial charge is 0.340 e. The van der Waals surface area contributed by atoms with Crippen LogP contribution in [0.3, 0.4) is 0 Å². The molecule has 0 unspecified atom stereocenters. The maximum absolute atomic E-state index is 12.6. The molecule has 0 heterocycles. The van der Waals surface area contributed by atoms with Gasteiger partial charge in [0.05, 0.1) is 11.7 Å². The lowest BCUT2D eigenvalue weighted by atomic mass is 10.2. The van der Waals surface area contributed by atoms with E-state index in [2.05, 4.69) is 0 Å². The first-order valence-corrected chi connectivity index (χ1v) is 4.26. The third-order valence-corrected chi connectivity index (χ3v) is 1.58. The Morgan fingerprint density at radius 3 is 2.64 bits per heavy atom. The lowest BCUT2D eigenvalue weighted by Gasteiger charge is -2.09. The number of ether oxygens (including phenoxy) is 1. The molecule has 0 spiro atoms. The molecule has 0 amide bonds. The van der Waals surface area contributed by atoms with Crippen LogP contribution in [0.25, 0.3) is 0 Å². The molecule has 1 aromatic rings. The van der Waals surface area contributed by atoms with Crippen molar-refractivity contribution in [3.05, 3.63) is 29.6 Å². The van der Waals surface area contributed by atoms with Gasteiger partial charge in [0.25, 0.3) is 0 Å². The molecule has 0 aliphatic heterocycles. The van der Waals surface area contributed by atoms with Crippen molar-refractivity contribution in [2.45, 2.75) is 20.0 Å². The summed E-state index contributed by atoms with van der Waals surface area (Å²) in [4.78, 5) is 11.4. The number of hydrogen-bond acceptors (Lipinski definition) is 3. The average Bonchev–Trinajstić information content (AvgIpc) is 2.01. The van der Waals surface area contributed by atoms with Gasteiger partial charge in [0, 0.05) is 5.69 Å². The predicted molar refractivity (Wildman–Crippen MR) is 51.4 cm³/mol. The van der Waals surface area contributed by atoms with Crippen molar-refractivity contribution in [2.24, 2.45) is 0 Å². The summed E-state index contributed by atoms with van der Waals surface area (Å²) in [6.45, 7) is 3.47. The standard InChI is InChI=1S/C10H12FNO2/c1-6(2)14-10(13)8-4-3-7(11)5-9(8)12/h3-6H,12H2,1-2H3. The van der Waals surface area contributed by atoms with E-state index >= 15 is 0 Å². The largest absolute Gasteiger partial charge is 0.459 e. The topological polar surface area (TPSA) is 52.3 Å². The van der Waals surface area contributed by atoms with Crippen molar-refractivity contribution >= 4 is 11.7 Å². The van der Waals surface area contributed by atoms with Crippen molar-refractivity contribution in [1.82, 2.24) is 0 Å². The van der Waals surface area contributed by atoms with Crippen molar-refractivity contribution < 1.29 is 13.9 Å². The number of anilines is 1. The second-order valence-corrected chi connectivity index (χ2v) is 3.19. The SMILES string of the molecule is CC(C)OC(=O)c1ccc(F)cc1N. The normalized spacial score (nSPS) is 10.3. The molecule has 0 saturated carbocycles. The summed E-state index contributed by atoms with van der Waals surface area (Å²) >= 11 is 0. The summed E-state index contributed by atoms with van der Waals surface area (Å²) in [5, 5.41) is 0. The molecule has 1 rings (SSSR count). The second kappa shape index (κ2) is 4.09. The molecule has 4 heteroatoms. The summed E-state index contributed by atoms with van der Waals surface area (Å²) in [5.74, 6) is -0.999. The van der Waals surface area contributed by atoms with E-state index in [1.54, 1.807) is 13.8 Å². The molecule has 0 aromatic heterocycles. The van der Waals surface area contributed by atoms with Crippen LogP contribution < -0.4 is 5.73 Å². The number of rotatable bonds is 2. The van der Waals surface area contributed by atoms with E-state index in [1.165, 1.54) is 12.1 Å². The van der Waals surface area contributed by atoms with Gasteiger partial charge >= 0.3 is 5.97 Å². The number of hydrogen-bond donors (Lipinski definition) is 1. The zero-order valence-electron chi connectivity index (χ0n) is 8.08. The van der Waals surface area contributed by atoms with Crippen LogP contribution in [0.5, 0.6) is 0 Å². The fourth-order valence-electron chi connectivity index (χ4n) is 0.997. The predicted octanol–water partition coefficient (Wildman–Crippen LogP) is 1.97. The van der Waals surface area contributed by atoms with Crippen LogP contribution in [-0.4, -0.2) is 12.1 Å². The van der Waals surface area contributed by atoms with E-state index in [0.29, 0.717) is 0 Å². The molecule has 0 saturated heterocycles. The molecular formula is C10H12FNO2. The third-order valence-electron chi connectivity index (χ3n) is 1.58. The second-order valence-electron chi connectivity index (χ2n) is 3.19. The van der Waals surface area contributed by atoms with Gasteiger partial charge in [-0.3, -0.25) is 0 Å². The molecule has 0 atom stereocenters. The third kappa shape index (κ3) is 2.45.